The fraction of sp³-hybridized carbons (Fsp3) is 1.00. The molecule has 0 saturated carbocycles. The second kappa shape index (κ2) is 6.81. The molecule has 6 nitrogen and oxygen atoms in total. The van der Waals surface area contributed by atoms with Gasteiger partial charge in [-0.25, -0.2) is 0 Å². The third kappa shape index (κ3) is 4.81. The molecule has 7 heteroatoms. The minimum absolute atomic E-state index is 0.0942. The largest absolute Gasteiger partial charge is 0.330 e. The predicted molar refractivity (Wildman–Crippen MR) is 73.4 cm³/mol. The first-order valence-corrected chi connectivity index (χ1v) is 7.91. The molecule has 1 heterocycles. The van der Waals surface area contributed by atoms with Gasteiger partial charge in [-0.3, -0.25) is 0 Å². The molecular formula is C11H26N4O2S. The number of nitrogens with two attached hydrogens (primary N) is 1. The summed E-state index contributed by atoms with van der Waals surface area (Å²) in [5, 5.41) is 0. The van der Waals surface area contributed by atoms with Gasteiger partial charge < -0.3 is 10.6 Å². The lowest BCUT2D eigenvalue weighted by Crippen LogP contribution is -2.51. The van der Waals surface area contributed by atoms with Crippen LogP contribution in [0.2, 0.25) is 0 Å². The van der Waals surface area contributed by atoms with Gasteiger partial charge in [0.25, 0.3) is 10.2 Å². The molecule has 1 rings (SSSR count). The molecule has 0 amide bonds. The van der Waals surface area contributed by atoms with Crippen LogP contribution in [0.15, 0.2) is 0 Å². The molecule has 1 aliphatic rings. The van der Waals surface area contributed by atoms with Gasteiger partial charge in [0.2, 0.25) is 0 Å². The first-order chi connectivity index (χ1) is 8.35. The Labute approximate surface area is 111 Å². The highest BCUT2D eigenvalue weighted by Crippen LogP contribution is 2.17. The molecule has 0 aromatic carbocycles. The van der Waals surface area contributed by atoms with E-state index in [-0.39, 0.29) is 6.04 Å². The Balaban J connectivity index is 2.57. The smallest absolute Gasteiger partial charge is 0.279 e. The van der Waals surface area contributed by atoms with Crippen LogP contribution in [0.5, 0.6) is 0 Å². The highest BCUT2D eigenvalue weighted by Gasteiger charge is 2.29. The molecule has 108 valence electrons. The normalized spacial score (nSPS) is 24.4. The zero-order chi connectivity index (χ0) is 13.8. The van der Waals surface area contributed by atoms with Crippen molar-refractivity contribution >= 4 is 10.2 Å². The third-order valence-corrected chi connectivity index (χ3v) is 4.86. The van der Waals surface area contributed by atoms with Gasteiger partial charge in [0.15, 0.2) is 0 Å². The molecule has 2 unspecified atom stereocenters. The van der Waals surface area contributed by atoms with Crippen LogP contribution in [0.1, 0.15) is 19.8 Å². The predicted octanol–water partition coefficient (Wildman–Crippen LogP) is -0.558. The third-order valence-electron chi connectivity index (χ3n) is 3.14. The molecule has 0 radical (unpaired) electrons. The second-order valence-corrected chi connectivity index (χ2v) is 7.09. The molecule has 2 atom stereocenters. The molecular weight excluding hydrogens is 252 g/mol. The van der Waals surface area contributed by atoms with Crippen LogP contribution in [-0.2, 0) is 10.2 Å². The second-order valence-electron chi connectivity index (χ2n) is 5.39. The van der Waals surface area contributed by atoms with Crippen molar-refractivity contribution < 1.29 is 8.42 Å². The average Bonchev–Trinajstić information content (AvgIpc) is 2.27. The molecule has 18 heavy (non-hydrogen) atoms. The molecule has 0 spiro atoms. The monoisotopic (exact) mass is 278 g/mol. The maximum absolute atomic E-state index is 12.2. The number of likely N-dealkylation sites (N-methyl/N-ethyl adjacent to an activating group) is 1. The van der Waals surface area contributed by atoms with Crippen molar-refractivity contribution in [3.63, 3.8) is 0 Å². The van der Waals surface area contributed by atoms with E-state index < -0.39 is 10.2 Å². The van der Waals surface area contributed by atoms with Crippen LogP contribution in [0.25, 0.3) is 0 Å². The fourth-order valence-electron chi connectivity index (χ4n) is 2.35. The summed E-state index contributed by atoms with van der Waals surface area (Å²) in [4.78, 5) is 1.96. The minimum atomic E-state index is -3.37. The number of piperidine rings is 1. The van der Waals surface area contributed by atoms with Crippen LogP contribution in [0.4, 0.5) is 0 Å². The Kier molecular flexibility index (Phi) is 6.00. The van der Waals surface area contributed by atoms with Crippen molar-refractivity contribution in [3.8, 4) is 0 Å². The Morgan fingerprint density at radius 3 is 2.72 bits per heavy atom. The van der Waals surface area contributed by atoms with E-state index in [2.05, 4.69) is 4.72 Å². The molecule has 0 aromatic heterocycles. The van der Waals surface area contributed by atoms with Crippen molar-refractivity contribution in [2.45, 2.75) is 25.8 Å². The molecule has 1 aliphatic heterocycles. The summed E-state index contributed by atoms with van der Waals surface area (Å²) in [5.41, 5.74) is 5.63. The topological polar surface area (TPSA) is 78.7 Å². The highest BCUT2D eigenvalue weighted by atomic mass is 32.2. The Morgan fingerprint density at radius 2 is 2.17 bits per heavy atom. The van der Waals surface area contributed by atoms with Gasteiger partial charge >= 0.3 is 0 Å². The summed E-state index contributed by atoms with van der Waals surface area (Å²) in [6.07, 6.45) is 1.92. The van der Waals surface area contributed by atoms with Crippen molar-refractivity contribution in [2.75, 3.05) is 40.3 Å². The maximum atomic E-state index is 12.2. The summed E-state index contributed by atoms with van der Waals surface area (Å²) >= 11 is 0. The first kappa shape index (κ1) is 15.8. The summed E-state index contributed by atoms with van der Waals surface area (Å²) in [5.74, 6) is 0.291. The highest BCUT2D eigenvalue weighted by molar-refractivity contribution is 7.87. The lowest BCUT2D eigenvalue weighted by molar-refractivity contribution is 0.265. The van der Waals surface area contributed by atoms with E-state index in [1.807, 2.05) is 25.9 Å². The summed E-state index contributed by atoms with van der Waals surface area (Å²) in [7, 11) is 0.483. The van der Waals surface area contributed by atoms with E-state index in [4.69, 9.17) is 5.73 Å². The lowest BCUT2D eigenvalue weighted by atomic mass is 10.0. The molecule has 3 N–H and O–H groups in total. The van der Waals surface area contributed by atoms with E-state index in [0.29, 0.717) is 32.1 Å². The number of rotatable bonds is 6. The van der Waals surface area contributed by atoms with Crippen LogP contribution in [0, 0.1) is 5.92 Å². The minimum Gasteiger partial charge on any atom is -0.330 e. The van der Waals surface area contributed by atoms with Crippen LogP contribution in [-0.4, -0.2) is 63.9 Å². The van der Waals surface area contributed by atoms with Crippen molar-refractivity contribution in [2.24, 2.45) is 11.7 Å². The Hall–Kier alpha value is -0.210. The van der Waals surface area contributed by atoms with E-state index >= 15 is 0 Å². The van der Waals surface area contributed by atoms with Gasteiger partial charge in [-0.15, -0.1) is 0 Å². The summed E-state index contributed by atoms with van der Waals surface area (Å²) in [6.45, 7) is 4.26. The Morgan fingerprint density at radius 1 is 1.50 bits per heavy atom. The first-order valence-electron chi connectivity index (χ1n) is 6.47. The quantitative estimate of drug-likeness (QED) is 0.683. The number of hydrogen-bond donors (Lipinski definition) is 2. The van der Waals surface area contributed by atoms with Gasteiger partial charge in [-0.1, -0.05) is 0 Å². The SMILES string of the molecule is CC(CN(C)C)NS(=O)(=O)N1CCCC(CN)C1. The van der Waals surface area contributed by atoms with Crippen molar-refractivity contribution in [1.29, 1.82) is 0 Å². The molecule has 0 bridgehead atoms. The molecule has 1 saturated heterocycles. The van der Waals surface area contributed by atoms with E-state index in [1.165, 1.54) is 4.31 Å². The van der Waals surface area contributed by atoms with Gasteiger partial charge in [0.05, 0.1) is 0 Å². The van der Waals surface area contributed by atoms with Crippen LogP contribution >= 0.6 is 0 Å². The fourth-order valence-corrected chi connectivity index (χ4v) is 3.86. The summed E-state index contributed by atoms with van der Waals surface area (Å²) < 4.78 is 28.6. The van der Waals surface area contributed by atoms with Gasteiger partial charge in [0.1, 0.15) is 0 Å². The lowest BCUT2D eigenvalue weighted by Gasteiger charge is -2.32. The zero-order valence-corrected chi connectivity index (χ0v) is 12.4. The Bertz CT molecular complexity index is 345. The van der Waals surface area contributed by atoms with E-state index in [0.717, 1.165) is 12.8 Å². The zero-order valence-electron chi connectivity index (χ0n) is 11.6. The molecule has 0 aromatic rings. The number of hydrogen-bond acceptors (Lipinski definition) is 4. The van der Waals surface area contributed by atoms with Gasteiger partial charge in [-0.05, 0) is 46.3 Å². The van der Waals surface area contributed by atoms with Crippen molar-refractivity contribution in [3.05, 3.63) is 0 Å². The van der Waals surface area contributed by atoms with Gasteiger partial charge in [-0.2, -0.15) is 17.4 Å². The van der Waals surface area contributed by atoms with Crippen LogP contribution in [0.3, 0.4) is 0 Å². The van der Waals surface area contributed by atoms with Gasteiger partial charge in [0, 0.05) is 25.7 Å². The van der Waals surface area contributed by atoms with E-state index in [9.17, 15) is 8.42 Å². The van der Waals surface area contributed by atoms with Crippen molar-refractivity contribution in [1.82, 2.24) is 13.9 Å². The molecule has 1 fully saturated rings. The standard InChI is InChI=1S/C11H26N4O2S/c1-10(8-14(2)3)13-18(16,17)15-6-4-5-11(7-12)9-15/h10-11,13H,4-9,12H2,1-3H3. The maximum Gasteiger partial charge on any atom is 0.279 e. The molecule has 0 aliphatic carbocycles. The van der Waals surface area contributed by atoms with Crippen LogP contribution < -0.4 is 10.5 Å². The summed E-state index contributed by atoms with van der Waals surface area (Å²) in [6, 6.07) is -0.0942. The van der Waals surface area contributed by atoms with E-state index in [1.54, 1.807) is 0 Å². The number of nitrogens with one attached hydrogen (secondary N) is 1. The average molecular weight is 278 g/mol. The number of nitrogens with zero attached hydrogens (tertiary/aromatic N) is 2.